The highest BCUT2D eigenvalue weighted by molar-refractivity contribution is 7.89. The second kappa shape index (κ2) is 6.70. The summed E-state index contributed by atoms with van der Waals surface area (Å²) in [5.74, 6) is 0.343. The zero-order valence-electron chi connectivity index (χ0n) is 11.5. The van der Waals surface area contributed by atoms with Gasteiger partial charge < -0.3 is 10.1 Å². The van der Waals surface area contributed by atoms with Crippen molar-refractivity contribution in [3.8, 4) is 5.75 Å². The lowest BCUT2D eigenvalue weighted by Gasteiger charge is -2.18. The van der Waals surface area contributed by atoms with Crippen LogP contribution < -0.4 is 10.1 Å². The van der Waals surface area contributed by atoms with Gasteiger partial charge in [0.05, 0.1) is 7.11 Å². The molecule has 19 heavy (non-hydrogen) atoms. The van der Waals surface area contributed by atoms with Crippen LogP contribution in [0.4, 0.5) is 0 Å². The minimum Gasteiger partial charge on any atom is -0.495 e. The van der Waals surface area contributed by atoms with E-state index in [-0.39, 0.29) is 11.4 Å². The second-order valence-corrected chi connectivity index (χ2v) is 6.10. The standard InChI is InChI=1S/C13H20N2O3S/c1-5-8-15(3)19(16,17)13-9-11(10-14-2)6-7-12(13)18-4/h5-7,9,14H,1,8,10H2,2-4H3. The molecule has 1 aromatic rings. The molecule has 0 heterocycles. The van der Waals surface area contributed by atoms with Crippen LogP contribution in [0.15, 0.2) is 35.7 Å². The fraction of sp³-hybridized carbons (Fsp3) is 0.385. The molecule has 0 saturated carbocycles. The molecule has 0 amide bonds. The van der Waals surface area contributed by atoms with Gasteiger partial charge in [-0.2, -0.15) is 4.31 Å². The number of hydrogen-bond donors (Lipinski definition) is 1. The van der Waals surface area contributed by atoms with E-state index in [2.05, 4.69) is 11.9 Å². The summed E-state index contributed by atoms with van der Waals surface area (Å²) in [6, 6.07) is 5.13. The highest BCUT2D eigenvalue weighted by Gasteiger charge is 2.24. The van der Waals surface area contributed by atoms with Gasteiger partial charge in [-0.05, 0) is 24.7 Å². The molecule has 0 aromatic heterocycles. The predicted octanol–water partition coefficient (Wildman–Crippen LogP) is 1.22. The van der Waals surface area contributed by atoms with Gasteiger partial charge in [0.1, 0.15) is 10.6 Å². The first-order chi connectivity index (χ1) is 8.97. The zero-order valence-corrected chi connectivity index (χ0v) is 12.3. The summed E-state index contributed by atoms with van der Waals surface area (Å²) < 4.78 is 31.3. The molecule has 1 N–H and O–H groups in total. The van der Waals surface area contributed by atoms with Crippen LogP contribution in [0.2, 0.25) is 0 Å². The van der Waals surface area contributed by atoms with Crippen molar-refractivity contribution in [2.24, 2.45) is 0 Å². The highest BCUT2D eigenvalue weighted by atomic mass is 32.2. The maximum Gasteiger partial charge on any atom is 0.246 e. The minimum atomic E-state index is -3.58. The van der Waals surface area contributed by atoms with Gasteiger partial charge in [0.25, 0.3) is 0 Å². The molecule has 1 rings (SSSR count). The van der Waals surface area contributed by atoms with Crippen molar-refractivity contribution in [1.29, 1.82) is 0 Å². The van der Waals surface area contributed by atoms with E-state index in [4.69, 9.17) is 4.74 Å². The first-order valence-electron chi connectivity index (χ1n) is 5.86. The van der Waals surface area contributed by atoms with E-state index in [1.165, 1.54) is 18.5 Å². The van der Waals surface area contributed by atoms with Gasteiger partial charge >= 0.3 is 0 Å². The number of sulfonamides is 1. The van der Waals surface area contributed by atoms with Crippen molar-refractivity contribution in [2.75, 3.05) is 27.7 Å². The quantitative estimate of drug-likeness (QED) is 0.765. The van der Waals surface area contributed by atoms with Crippen molar-refractivity contribution in [3.05, 3.63) is 36.4 Å². The first-order valence-corrected chi connectivity index (χ1v) is 7.30. The molecule has 0 fully saturated rings. The van der Waals surface area contributed by atoms with Crippen LogP contribution in [0.3, 0.4) is 0 Å². The predicted molar refractivity (Wildman–Crippen MR) is 75.8 cm³/mol. The Morgan fingerprint density at radius 2 is 2.16 bits per heavy atom. The van der Waals surface area contributed by atoms with Crippen LogP contribution in [-0.2, 0) is 16.6 Å². The van der Waals surface area contributed by atoms with E-state index >= 15 is 0 Å². The van der Waals surface area contributed by atoms with Gasteiger partial charge in [-0.15, -0.1) is 6.58 Å². The van der Waals surface area contributed by atoms with E-state index in [1.54, 1.807) is 18.2 Å². The van der Waals surface area contributed by atoms with Crippen molar-refractivity contribution in [2.45, 2.75) is 11.4 Å². The van der Waals surface area contributed by atoms with E-state index in [0.29, 0.717) is 12.3 Å². The molecule has 0 aliphatic heterocycles. The molecular weight excluding hydrogens is 264 g/mol. The Kier molecular flexibility index (Phi) is 5.53. The monoisotopic (exact) mass is 284 g/mol. The Hall–Kier alpha value is -1.37. The van der Waals surface area contributed by atoms with E-state index in [0.717, 1.165) is 5.56 Å². The van der Waals surface area contributed by atoms with Crippen molar-refractivity contribution >= 4 is 10.0 Å². The summed E-state index contributed by atoms with van der Waals surface area (Å²) in [6.45, 7) is 4.40. The summed E-state index contributed by atoms with van der Waals surface area (Å²) in [5, 5.41) is 2.99. The molecule has 0 spiro atoms. The van der Waals surface area contributed by atoms with Crippen molar-refractivity contribution in [1.82, 2.24) is 9.62 Å². The molecule has 5 nitrogen and oxygen atoms in total. The zero-order chi connectivity index (χ0) is 14.5. The lowest BCUT2D eigenvalue weighted by atomic mass is 10.2. The van der Waals surface area contributed by atoms with Crippen LogP contribution >= 0.6 is 0 Å². The number of ether oxygens (including phenoxy) is 1. The number of hydrogen-bond acceptors (Lipinski definition) is 4. The van der Waals surface area contributed by atoms with Gasteiger partial charge in [-0.1, -0.05) is 12.1 Å². The first kappa shape index (κ1) is 15.7. The molecule has 0 saturated heterocycles. The molecule has 0 unspecified atom stereocenters. The van der Waals surface area contributed by atoms with Crippen LogP contribution in [0.5, 0.6) is 5.75 Å². The smallest absolute Gasteiger partial charge is 0.246 e. The Morgan fingerprint density at radius 3 is 2.68 bits per heavy atom. The number of nitrogens with zero attached hydrogens (tertiary/aromatic N) is 1. The van der Waals surface area contributed by atoms with Crippen LogP contribution in [0.1, 0.15) is 5.56 Å². The van der Waals surface area contributed by atoms with Crippen molar-refractivity contribution in [3.63, 3.8) is 0 Å². The fourth-order valence-electron chi connectivity index (χ4n) is 1.68. The molecule has 6 heteroatoms. The summed E-state index contributed by atoms with van der Waals surface area (Å²) in [4.78, 5) is 0.173. The topological polar surface area (TPSA) is 58.6 Å². The maximum absolute atomic E-state index is 12.4. The van der Waals surface area contributed by atoms with Gasteiger partial charge in [0, 0.05) is 20.1 Å². The lowest BCUT2D eigenvalue weighted by molar-refractivity contribution is 0.399. The Balaban J connectivity index is 3.29. The fourth-order valence-corrected chi connectivity index (χ4v) is 3.03. The normalized spacial score (nSPS) is 11.6. The maximum atomic E-state index is 12.4. The Labute approximate surface area is 114 Å². The van der Waals surface area contributed by atoms with E-state index in [9.17, 15) is 8.42 Å². The molecular formula is C13H20N2O3S. The number of methoxy groups -OCH3 is 1. The van der Waals surface area contributed by atoms with Gasteiger partial charge in [-0.25, -0.2) is 8.42 Å². The highest BCUT2D eigenvalue weighted by Crippen LogP contribution is 2.27. The molecule has 106 valence electrons. The van der Waals surface area contributed by atoms with Gasteiger partial charge in [0.2, 0.25) is 10.0 Å². The lowest BCUT2D eigenvalue weighted by Crippen LogP contribution is -2.27. The summed E-state index contributed by atoms with van der Waals surface area (Å²) in [7, 11) is 1.21. The van der Waals surface area contributed by atoms with Crippen LogP contribution in [0, 0.1) is 0 Å². The number of nitrogens with one attached hydrogen (secondary N) is 1. The van der Waals surface area contributed by atoms with Crippen LogP contribution in [0.25, 0.3) is 0 Å². The summed E-state index contributed by atoms with van der Waals surface area (Å²) in [6.07, 6.45) is 1.54. The molecule has 1 aromatic carbocycles. The third-order valence-electron chi connectivity index (χ3n) is 2.68. The van der Waals surface area contributed by atoms with Crippen LogP contribution in [-0.4, -0.2) is 40.5 Å². The third-order valence-corrected chi connectivity index (χ3v) is 4.53. The molecule has 0 aliphatic carbocycles. The Bertz CT molecular complexity index is 541. The summed E-state index contributed by atoms with van der Waals surface area (Å²) >= 11 is 0. The van der Waals surface area contributed by atoms with Crippen molar-refractivity contribution < 1.29 is 13.2 Å². The summed E-state index contributed by atoms with van der Waals surface area (Å²) in [5.41, 5.74) is 0.883. The van der Waals surface area contributed by atoms with E-state index < -0.39 is 10.0 Å². The second-order valence-electron chi connectivity index (χ2n) is 4.09. The minimum absolute atomic E-state index is 0.173. The number of likely N-dealkylation sites (N-methyl/N-ethyl adjacent to an activating group) is 1. The Morgan fingerprint density at radius 1 is 1.47 bits per heavy atom. The van der Waals surface area contributed by atoms with Gasteiger partial charge in [-0.3, -0.25) is 0 Å². The molecule has 0 radical (unpaired) electrons. The van der Waals surface area contributed by atoms with E-state index in [1.807, 2.05) is 13.1 Å². The third kappa shape index (κ3) is 3.56. The van der Waals surface area contributed by atoms with Gasteiger partial charge in [0.15, 0.2) is 0 Å². The molecule has 0 atom stereocenters. The average molecular weight is 284 g/mol. The molecule has 0 aliphatic rings. The SMILES string of the molecule is C=CCN(C)S(=O)(=O)c1cc(CNC)ccc1OC. The average Bonchev–Trinajstić information content (AvgIpc) is 2.39. The number of rotatable bonds is 7. The molecule has 0 bridgehead atoms. The largest absolute Gasteiger partial charge is 0.495 e. The number of benzene rings is 1.